The van der Waals surface area contributed by atoms with E-state index in [0.29, 0.717) is 12.2 Å². The van der Waals surface area contributed by atoms with E-state index in [0.717, 1.165) is 54.8 Å². The van der Waals surface area contributed by atoms with Crippen LogP contribution in [0.5, 0.6) is 5.75 Å². The molecule has 1 atom stereocenters. The summed E-state index contributed by atoms with van der Waals surface area (Å²) in [6.45, 7) is 4.22. The van der Waals surface area contributed by atoms with Gasteiger partial charge in [-0.05, 0) is 36.4 Å². The molecule has 2 N–H and O–H groups in total. The Labute approximate surface area is 163 Å². The molecule has 1 aromatic heterocycles. The van der Waals surface area contributed by atoms with Crippen LogP contribution in [0.25, 0.3) is 10.9 Å². The van der Waals surface area contributed by atoms with E-state index in [2.05, 4.69) is 4.98 Å². The smallest absolute Gasteiger partial charge is 0.270 e. The molecule has 0 saturated carbocycles. The molecular formula is C22H25FN3O2+. The molecule has 1 amide bonds. The van der Waals surface area contributed by atoms with E-state index in [4.69, 9.17) is 4.74 Å². The molecule has 6 heteroatoms. The van der Waals surface area contributed by atoms with Gasteiger partial charge in [0.15, 0.2) is 0 Å². The highest BCUT2D eigenvalue weighted by molar-refractivity contribution is 5.98. The lowest BCUT2D eigenvalue weighted by Crippen LogP contribution is -3.11. The number of hydrogen-bond donors (Lipinski definition) is 2. The van der Waals surface area contributed by atoms with Gasteiger partial charge in [-0.1, -0.05) is 12.1 Å². The first-order valence-electron chi connectivity index (χ1n) is 9.66. The monoisotopic (exact) mass is 382 g/mol. The zero-order valence-electron chi connectivity index (χ0n) is 16.0. The first-order valence-corrected chi connectivity index (χ1v) is 9.66. The normalized spacial score (nSPS) is 17.5. The van der Waals surface area contributed by atoms with E-state index in [1.807, 2.05) is 41.3 Å². The number of ether oxygens (including phenoxy) is 1. The number of aromatic nitrogens is 1. The Kier molecular flexibility index (Phi) is 5.30. The lowest BCUT2D eigenvalue weighted by Gasteiger charge is -2.19. The Morgan fingerprint density at radius 2 is 1.96 bits per heavy atom. The van der Waals surface area contributed by atoms with Gasteiger partial charge in [-0.25, -0.2) is 4.39 Å². The van der Waals surface area contributed by atoms with Crippen molar-refractivity contribution in [2.45, 2.75) is 13.0 Å². The Morgan fingerprint density at radius 1 is 1.14 bits per heavy atom. The highest BCUT2D eigenvalue weighted by Gasteiger charge is 2.23. The second kappa shape index (κ2) is 8.02. The van der Waals surface area contributed by atoms with Gasteiger partial charge in [0, 0.05) is 29.4 Å². The van der Waals surface area contributed by atoms with Crippen LogP contribution in [0.1, 0.15) is 22.5 Å². The molecule has 4 rings (SSSR count). The number of amides is 1. The fraction of sp³-hybridized carbons (Fsp3) is 0.318. The van der Waals surface area contributed by atoms with Crippen molar-refractivity contribution < 1.29 is 18.8 Å². The molecular weight excluding hydrogens is 357 g/mol. The van der Waals surface area contributed by atoms with E-state index in [9.17, 15) is 9.18 Å². The van der Waals surface area contributed by atoms with E-state index < -0.39 is 0 Å². The van der Waals surface area contributed by atoms with E-state index in [1.165, 1.54) is 17.0 Å². The highest BCUT2D eigenvalue weighted by atomic mass is 19.1. The zero-order chi connectivity index (χ0) is 19.5. The molecule has 146 valence electrons. The van der Waals surface area contributed by atoms with Crippen LogP contribution in [-0.2, 0) is 6.54 Å². The maximum absolute atomic E-state index is 13.1. The zero-order valence-corrected chi connectivity index (χ0v) is 16.0. The number of aromatic amines is 1. The Hall–Kier alpha value is -2.86. The van der Waals surface area contributed by atoms with E-state index >= 15 is 0 Å². The third-order valence-electron chi connectivity index (χ3n) is 5.41. The molecule has 5 nitrogen and oxygen atoms in total. The number of nitrogens with one attached hydrogen (secondary N) is 2. The van der Waals surface area contributed by atoms with Crippen LogP contribution in [0.3, 0.4) is 0 Å². The van der Waals surface area contributed by atoms with Crippen molar-refractivity contribution in [3.63, 3.8) is 0 Å². The van der Waals surface area contributed by atoms with Gasteiger partial charge in [-0.15, -0.1) is 0 Å². The number of benzene rings is 2. The van der Waals surface area contributed by atoms with Gasteiger partial charge in [-0.2, -0.15) is 0 Å². The van der Waals surface area contributed by atoms with Gasteiger partial charge >= 0.3 is 0 Å². The molecule has 2 aromatic carbocycles. The van der Waals surface area contributed by atoms with Crippen LogP contribution >= 0.6 is 0 Å². The molecule has 1 aliphatic rings. The van der Waals surface area contributed by atoms with Gasteiger partial charge in [-0.3, -0.25) is 4.79 Å². The first kappa shape index (κ1) is 18.5. The van der Waals surface area contributed by atoms with Crippen molar-refractivity contribution in [3.05, 3.63) is 65.6 Å². The minimum atomic E-state index is -0.206. The summed E-state index contributed by atoms with van der Waals surface area (Å²) in [7, 11) is 1.64. The average Bonchev–Trinajstić information content (AvgIpc) is 3.00. The quantitative estimate of drug-likeness (QED) is 0.727. The van der Waals surface area contributed by atoms with Crippen molar-refractivity contribution in [2.75, 3.05) is 33.3 Å². The number of halogens is 1. The van der Waals surface area contributed by atoms with Crippen LogP contribution in [0.15, 0.2) is 48.5 Å². The number of fused-ring (bicyclic) bond motifs is 1. The third-order valence-corrected chi connectivity index (χ3v) is 5.41. The SMILES string of the molecule is COc1ccc2[nH]c(C(=O)N3CCC[NH+](Cc4ccc(F)cc4)CC3)cc2c1. The van der Waals surface area contributed by atoms with Crippen LogP contribution in [-0.4, -0.2) is 49.1 Å². The number of carbonyl (C=O) groups is 1. The summed E-state index contributed by atoms with van der Waals surface area (Å²) in [6, 6.07) is 14.3. The van der Waals surface area contributed by atoms with Crippen molar-refractivity contribution in [2.24, 2.45) is 0 Å². The first-order chi connectivity index (χ1) is 13.6. The summed E-state index contributed by atoms with van der Waals surface area (Å²) in [5.41, 5.74) is 2.67. The topological polar surface area (TPSA) is 49.8 Å². The van der Waals surface area contributed by atoms with Gasteiger partial charge in [0.05, 0.1) is 26.7 Å². The van der Waals surface area contributed by atoms with Crippen molar-refractivity contribution in [3.8, 4) is 5.75 Å². The number of carbonyl (C=O) groups excluding carboxylic acids is 1. The lowest BCUT2D eigenvalue weighted by molar-refractivity contribution is -0.911. The lowest BCUT2D eigenvalue weighted by atomic mass is 10.2. The Bertz CT molecular complexity index is 968. The summed E-state index contributed by atoms with van der Waals surface area (Å²) in [5.74, 6) is 0.612. The van der Waals surface area contributed by atoms with Crippen LogP contribution < -0.4 is 9.64 Å². The molecule has 0 aliphatic carbocycles. The van der Waals surface area contributed by atoms with Gasteiger partial charge in [0.2, 0.25) is 0 Å². The van der Waals surface area contributed by atoms with E-state index in [1.54, 1.807) is 7.11 Å². The van der Waals surface area contributed by atoms with Crippen molar-refractivity contribution in [1.29, 1.82) is 0 Å². The third kappa shape index (κ3) is 4.02. The molecule has 0 spiro atoms. The number of nitrogens with zero attached hydrogens (tertiary/aromatic N) is 1. The summed E-state index contributed by atoms with van der Waals surface area (Å²) >= 11 is 0. The van der Waals surface area contributed by atoms with Crippen LogP contribution in [0.2, 0.25) is 0 Å². The fourth-order valence-electron chi connectivity index (χ4n) is 3.84. The largest absolute Gasteiger partial charge is 0.497 e. The summed E-state index contributed by atoms with van der Waals surface area (Å²) in [4.78, 5) is 19.6. The highest BCUT2D eigenvalue weighted by Crippen LogP contribution is 2.22. The second-order valence-corrected chi connectivity index (χ2v) is 7.34. The molecule has 28 heavy (non-hydrogen) atoms. The molecule has 1 saturated heterocycles. The molecule has 2 heterocycles. The minimum Gasteiger partial charge on any atom is -0.497 e. The Balaban J connectivity index is 1.42. The van der Waals surface area contributed by atoms with E-state index in [-0.39, 0.29) is 11.7 Å². The van der Waals surface area contributed by atoms with Crippen molar-refractivity contribution >= 4 is 16.8 Å². The summed E-state index contributed by atoms with van der Waals surface area (Å²) < 4.78 is 18.3. The van der Waals surface area contributed by atoms with Crippen LogP contribution in [0, 0.1) is 5.82 Å². The number of hydrogen-bond acceptors (Lipinski definition) is 2. The van der Waals surface area contributed by atoms with Crippen LogP contribution in [0.4, 0.5) is 4.39 Å². The minimum absolute atomic E-state index is 0.0400. The maximum Gasteiger partial charge on any atom is 0.270 e. The summed E-state index contributed by atoms with van der Waals surface area (Å²) in [5, 5.41) is 0.973. The molecule has 0 bridgehead atoms. The van der Waals surface area contributed by atoms with Gasteiger partial charge in [0.1, 0.15) is 23.8 Å². The standard InChI is InChI=1S/C22H24FN3O2/c1-28-19-7-8-20-17(13-19)14-21(24-20)22(27)26-10-2-9-25(11-12-26)15-16-3-5-18(23)6-4-16/h3-8,13-14,24H,2,9-12,15H2,1H3/p+1. The fourth-order valence-corrected chi connectivity index (χ4v) is 3.84. The second-order valence-electron chi connectivity index (χ2n) is 7.34. The Morgan fingerprint density at radius 3 is 2.75 bits per heavy atom. The summed E-state index contributed by atoms with van der Waals surface area (Å²) in [6.07, 6.45) is 0.955. The number of methoxy groups -OCH3 is 1. The maximum atomic E-state index is 13.1. The number of quaternary nitrogens is 1. The van der Waals surface area contributed by atoms with Crippen molar-refractivity contribution in [1.82, 2.24) is 9.88 Å². The molecule has 1 fully saturated rings. The number of rotatable bonds is 4. The average molecular weight is 382 g/mol. The van der Waals surface area contributed by atoms with Gasteiger partial charge in [0.25, 0.3) is 5.91 Å². The molecule has 0 radical (unpaired) electrons. The molecule has 3 aromatic rings. The molecule has 1 aliphatic heterocycles. The number of H-pyrrole nitrogens is 1. The van der Waals surface area contributed by atoms with Gasteiger partial charge < -0.3 is 19.5 Å². The molecule has 1 unspecified atom stereocenters. The predicted molar refractivity (Wildman–Crippen MR) is 106 cm³/mol. The predicted octanol–water partition coefficient (Wildman–Crippen LogP) is 2.25.